The minimum Gasteiger partial charge on any atom is -0.389 e. The summed E-state index contributed by atoms with van der Waals surface area (Å²) in [5, 5.41) is 9.44. The molecular formula is C14H16O. The molecule has 1 nitrogen and oxygen atoms in total. The number of aliphatic hydroxyl groups is 1. The van der Waals surface area contributed by atoms with E-state index in [1.807, 2.05) is 37.3 Å². The Labute approximate surface area is 91.5 Å². The lowest BCUT2D eigenvalue weighted by Gasteiger charge is -2.10. The van der Waals surface area contributed by atoms with E-state index in [9.17, 15) is 5.11 Å². The Morgan fingerprint density at radius 1 is 1.40 bits per heavy atom. The standard InChI is InChI=1S/C14H16O/c1-3-14(15)12(2)8-7-11-13-9-5-4-6-10-13/h3-6,9-10,12,14-15H,1,8H2,2H3/t12-,14-/m1/s1. The predicted molar refractivity (Wildman–Crippen MR) is 63.3 cm³/mol. The molecule has 2 atom stereocenters. The van der Waals surface area contributed by atoms with Crippen LogP contribution in [0.15, 0.2) is 43.0 Å². The Bertz CT molecular complexity index is 356. The van der Waals surface area contributed by atoms with Crippen molar-refractivity contribution in [3.63, 3.8) is 0 Å². The van der Waals surface area contributed by atoms with Gasteiger partial charge < -0.3 is 5.11 Å². The van der Waals surface area contributed by atoms with Gasteiger partial charge in [0.25, 0.3) is 0 Å². The normalized spacial score (nSPS) is 13.5. The van der Waals surface area contributed by atoms with Crippen LogP contribution in [0.2, 0.25) is 0 Å². The summed E-state index contributed by atoms with van der Waals surface area (Å²) in [7, 11) is 0. The zero-order chi connectivity index (χ0) is 11.1. The van der Waals surface area contributed by atoms with E-state index in [0.717, 1.165) is 5.56 Å². The van der Waals surface area contributed by atoms with Crippen LogP contribution >= 0.6 is 0 Å². The van der Waals surface area contributed by atoms with Gasteiger partial charge in [0.1, 0.15) is 0 Å². The van der Waals surface area contributed by atoms with Gasteiger partial charge in [0, 0.05) is 12.0 Å². The van der Waals surface area contributed by atoms with Gasteiger partial charge in [0.05, 0.1) is 6.10 Å². The summed E-state index contributed by atoms with van der Waals surface area (Å²) in [6.45, 7) is 5.51. The van der Waals surface area contributed by atoms with Gasteiger partial charge in [-0.05, 0) is 18.1 Å². The lowest BCUT2D eigenvalue weighted by molar-refractivity contribution is 0.165. The second kappa shape index (κ2) is 6.06. The molecule has 0 unspecified atom stereocenters. The number of benzene rings is 1. The summed E-state index contributed by atoms with van der Waals surface area (Å²) < 4.78 is 0. The molecule has 0 saturated heterocycles. The summed E-state index contributed by atoms with van der Waals surface area (Å²) in [5.74, 6) is 6.26. The maximum atomic E-state index is 9.44. The summed E-state index contributed by atoms with van der Waals surface area (Å²) in [6.07, 6.45) is 1.77. The summed E-state index contributed by atoms with van der Waals surface area (Å²) in [4.78, 5) is 0. The Kier molecular flexibility index (Phi) is 4.66. The van der Waals surface area contributed by atoms with Crippen LogP contribution in [0.3, 0.4) is 0 Å². The zero-order valence-electron chi connectivity index (χ0n) is 8.98. The molecule has 0 fully saturated rings. The average Bonchev–Trinajstić information content (AvgIpc) is 2.29. The maximum absolute atomic E-state index is 9.44. The fourth-order valence-corrected chi connectivity index (χ4v) is 1.19. The molecule has 1 aromatic carbocycles. The fraction of sp³-hybridized carbons (Fsp3) is 0.286. The van der Waals surface area contributed by atoms with Crippen LogP contribution < -0.4 is 0 Å². The first-order valence-corrected chi connectivity index (χ1v) is 5.08. The van der Waals surface area contributed by atoms with Gasteiger partial charge in [-0.25, -0.2) is 0 Å². The molecule has 0 saturated carbocycles. The van der Waals surface area contributed by atoms with Gasteiger partial charge in [0.15, 0.2) is 0 Å². The van der Waals surface area contributed by atoms with Gasteiger partial charge in [-0.3, -0.25) is 0 Å². The first-order valence-electron chi connectivity index (χ1n) is 5.08. The molecule has 15 heavy (non-hydrogen) atoms. The second-order valence-electron chi connectivity index (χ2n) is 3.58. The highest BCUT2D eigenvalue weighted by molar-refractivity contribution is 5.33. The molecular weight excluding hydrogens is 184 g/mol. The molecule has 78 valence electrons. The number of hydrogen-bond acceptors (Lipinski definition) is 1. The lowest BCUT2D eigenvalue weighted by atomic mass is 10.0. The van der Waals surface area contributed by atoms with E-state index in [0.29, 0.717) is 6.42 Å². The monoisotopic (exact) mass is 200 g/mol. The quantitative estimate of drug-likeness (QED) is 0.587. The molecule has 1 aromatic rings. The second-order valence-corrected chi connectivity index (χ2v) is 3.58. The molecule has 0 aliphatic carbocycles. The van der Waals surface area contributed by atoms with Crippen LogP contribution in [0.4, 0.5) is 0 Å². The van der Waals surface area contributed by atoms with Crippen molar-refractivity contribution < 1.29 is 5.11 Å². The van der Waals surface area contributed by atoms with Crippen LogP contribution in [0.25, 0.3) is 0 Å². The Balaban J connectivity index is 2.50. The van der Waals surface area contributed by atoms with E-state index in [1.54, 1.807) is 6.08 Å². The van der Waals surface area contributed by atoms with Crippen LogP contribution in [-0.4, -0.2) is 11.2 Å². The number of aliphatic hydroxyl groups excluding tert-OH is 1. The van der Waals surface area contributed by atoms with Crippen molar-refractivity contribution in [2.24, 2.45) is 5.92 Å². The molecule has 0 radical (unpaired) electrons. The van der Waals surface area contributed by atoms with Crippen LogP contribution in [0, 0.1) is 17.8 Å². The third-order valence-corrected chi connectivity index (χ3v) is 2.26. The Morgan fingerprint density at radius 2 is 2.07 bits per heavy atom. The van der Waals surface area contributed by atoms with Crippen molar-refractivity contribution in [3.8, 4) is 11.8 Å². The van der Waals surface area contributed by atoms with Crippen molar-refractivity contribution in [1.82, 2.24) is 0 Å². The summed E-state index contributed by atoms with van der Waals surface area (Å²) in [6, 6.07) is 9.84. The molecule has 1 rings (SSSR count). The van der Waals surface area contributed by atoms with Gasteiger partial charge >= 0.3 is 0 Å². The summed E-state index contributed by atoms with van der Waals surface area (Å²) >= 11 is 0. The molecule has 0 spiro atoms. The van der Waals surface area contributed by atoms with Crippen LogP contribution in [0.1, 0.15) is 18.9 Å². The number of rotatable bonds is 3. The smallest absolute Gasteiger partial charge is 0.0752 e. The molecule has 0 aliphatic rings. The Morgan fingerprint density at radius 3 is 2.67 bits per heavy atom. The molecule has 0 heterocycles. The van der Waals surface area contributed by atoms with E-state index in [1.165, 1.54) is 0 Å². The first-order chi connectivity index (χ1) is 7.24. The van der Waals surface area contributed by atoms with E-state index < -0.39 is 6.10 Å². The van der Waals surface area contributed by atoms with Crippen molar-refractivity contribution in [3.05, 3.63) is 48.6 Å². The third-order valence-electron chi connectivity index (χ3n) is 2.26. The fourth-order valence-electron chi connectivity index (χ4n) is 1.19. The molecule has 0 aromatic heterocycles. The highest BCUT2D eigenvalue weighted by Crippen LogP contribution is 2.07. The predicted octanol–water partition coefficient (Wildman–Crippen LogP) is 2.61. The van der Waals surface area contributed by atoms with E-state index in [-0.39, 0.29) is 5.92 Å². The maximum Gasteiger partial charge on any atom is 0.0752 e. The van der Waals surface area contributed by atoms with Gasteiger partial charge in [-0.1, -0.05) is 43.0 Å². The molecule has 1 heteroatoms. The highest BCUT2D eigenvalue weighted by Gasteiger charge is 2.07. The van der Waals surface area contributed by atoms with Crippen molar-refractivity contribution in [2.45, 2.75) is 19.4 Å². The van der Waals surface area contributed by atoms with E-state index in [4.69, 9.17) is 0 Å². The van der Waals surface area contributed by atoms with Crippen LogP contribution in [-0.2, 0) is 0 Å². The minimum absolute atomic E-state index is 0.138. The van der Waals surface area contributed by atoms with Crippen molar-refractivity contribution in [1.29, 1.82) is 0 Å². The van der Waals surface area contributed by atoms with E-state index >= 15 is 0 Å². The van der Waals surface area contributed by atoms with Crippen molar-refractivity contribution in [2.75, 3.05) is 0 Å². The zero-order valence-corrected chi connectivity index (χ0v) is 8.98. The van der Waals surface area contributed by atoms with Crippen molar-refractivity contribution >= 4 is 0 Å². The first kappa shape index (κ1) is 11.6. The topological polar surface area (TPSA) is 20.2 Å². The lowest BCUT2D eigenvalue weighted by Crippen LogP contribution is -2.13. The van der Waals surface area contributed by atoms with Crippen LogP contribution in [0.5, 0.6) is 0 Å². The van der Waals surface area contributed by atoms with Gasteiger partial charge in [-0.15, -0.1) is 6.58 Å². The molecule has 0 amide bonds. The SMILES string of the molecule is C=C[C@@H](O)[C@H](C)CC#Cc1ccccc1. The average molecular weight is 200 g/mol. The Hall–Kier alpha value is -1.52. The van der Waals surface area contributed by atoms with E-state index in [2.05, 4.69) is 18.4 Å². The molecule has 0 aliphatic heterocycles. The summed E-state index contributed by atoms with van der Waals surface area (Å²) in [5.41, 5.74) is 1.01. The van der Waals surface area contributed by atoms with Gasteiger partial charge in [-0.2, -0.15) is 0 Å². The molecule has 0 bridgehead atoms. The molecule has 1 N–H and O–H groups in total. The number of hydrogen-bond donors (Lipinski definition) is 1. The third kappa shape index (κ3) is 4.01. The highest BCUT2D eigenvalue weighted by atomic mass is 16.3. The van der Waals surface area contributed by atoms with Gasteiger partial charge in [0.2, 0.25) is 0 Å². The largest absolute Gasteiger partial charge is 0.389 e. The minimum atomic E-state index is -0.463.